The number of amides is 4. The fourth-order valence-corrected chi connectivity index (χ4v) is 2.39. The third-order valence-corrected chi connectivity index (χ3v) is 3.47. The monoisotopic (exact) mass is 284 g/mol. The number of likely N-dealkylation sites (N-methyl/N-ethyl adjacent to an activating group) is 1. The van der Waals surface area contributed by atoms with Gasteiger partial charge in [0.25, 0.3) is 0 Å². The van der Waals surface area contributed by atoms with Crippen LogP contribution < -0.4 is 10.6 Å². The molecule has 2 atom stereocenters. The van der Waals surface area contributed by atoms with Crippen molar-refractivity contribution in [3.8, 4) is 0 Å². The largest absolute Gasteiger partial charge is 0.347 e. The van der Waals surface area contributed by atoms with E-state index in [-0.39, 0.29) is 17.9 Å². The van der Waals surface area contributed by atoms with Crippen molar-refractivity contribution in [2.24, 2.45) is 0 Å². The Balaban J connectivity index is 2.65. The van der Waals surface area contributed by atoms with E-state index in [0.29, 0.717) is 13.1 Å². The van der Waals surface area contributed by atoms with Gasteiger partial charge in [0.05, 0.1) is 12.1 Å². The second kappa shape index (κ2) is 7.23. The number of hydrogen-bond donors (Lipinski definition) is 2. The van der Waals surface area contributed by atoms with Gasteiger partial charge in [-0.3, -0.25) is 19.8 Å². The lowest BCUT2D eigenvalue weighted by Crippen LogP contribution is -2.53. The van der Waals surface area contributed by atoms with Crippen LogP contribution in [0.2, 0.25) is 0 Å². The van der Waals surface area contributed by atoms with Crippen LogP contribution in [-0.2, 0) is 9.59 Å². The Kier molecular flexibility index (Phi) is 5.94. The molecule has 0 aliphatic carbocycles. The predicted octanol–water partition coefficient (Wildman–Crippen LogP) is -0.227. The van der Waals surface area contributed by atoms with Gasteiger partial charge in [0.15, 0.2) is 0 Å². The lowest BCUT2D eigenvalue weighted by molar-refractivity contribution is -0.135. The summed E-state index contributed by atoms with van der Waals surface area (Å²) < 4.78 is 0. The highest BCUT2D eigenvalue weighted by Crippen LogP contribution is 2.21. The molecule has 1 aliphatic heterocycles. The van der Waals surface area contributed by atoms with Crippen molar-refractivity contribution in [1.82, 2.24) is 20.4 Å². The number of likely N-dealkylation sites (tertiary alicyclic amines) is 1. The zero-order valence-electron chi connectivity index (χ0n) is 12.6. The molecule has 0 aromatic carbocycles. The number of imide groups is 1. The van der Waals surface area contributed by atoms with Gasteiger partial charge in [0, 0.05) is 20.6 Å². The molecule has 1 rings (SSSR count). The minimum absolute atomic E-state index is 0.000148. The Morgan fingerprint density at radius 2 is 2.00 bits per heavy atom. The van der Waals surface area contributed by atoms with Gasteiger partial charge in [-0.15, -0.1) is 0 Å². The van der Waals surface area contributed by atoms with E-state index in [2.05, 4.69) is 10.6 Å². The van der Waals surface area contributed by atoms with E-state index in [1.54, 1.807) is 27.9 Å². The molecule has 2 N–H and O–H groups in total. The summed E-state index contributed by atoms with van der Waals surface area (Å²) in [5.41, 5.74) is 0. The lowest BCUT2D eigenvalue weighted by Gasteiger charge is -2.30. The van der Waals surface area contributed by atoms with Crippen LogP contribution in [-0.4, -0.2) is 66.9 Å². The molecular weight excluding hydrogens is 260 g/mol. The minimum atomic E-state index is -0.506. The van der Waals surface area contributed by atoms with Gasteiger partial charge in [-0.2, -0.15) is 0 Å². The fraction of sp³-hybridized carbons (Fsp3) is 0.769. The van der Waals surface area contributed by atoms with E-state index >= 15 is 0 Å². The van der Waals surface area contributed by atoms with Crippen LogP contribution in [0.3, 0.4) is 0 Å². The van der Waals surface area contributed by atoms with Crippen LogP contribution in [0.4, 0.5) is 4.79 Å². The molecule has 1 saturated heterocycles. The summed E-state index contributed by atoms with van der Waals surface area (Å²) in [5, 5.41) is 4.80. The highest BCUT2D eigenvalue weighted by atomic mass is 16.2. The quantitative estimate of drug-likeness (QED) is 0.747. The van der Waals surface area contributed by atoms with Crippen molar-refractivity contribution in [2.45, 2.75) is 38.8 Å². The molecule has 4 amide bonds. The van der Waals surface area contributed by atoms with Crippen molar-refractivity contribution in [3.63, 3.8) is 0 Å². The molecule has 20 heavy (non-hydrogen) atoms. The van der Waals surface area contributed by atoms with Crippen molar-refractivity contribution in [2.75, 3.05) is 27.2 Å². The van der Waals surface area contributed by atoms with E-state index in [1.807, 2.05) is 4.90 Å². The summed E-state index contributed by atoms with van der Waals surface area (Å²) in [6, 6.07) is -1.28. The number of nitrogens with one attached hydrogen (secondary N) is 2. The van der Waals surface area contributed by atoms with Crippen molar-refractivity contribution in [3.05, 3.63) is 0 Å². The average molecular weight is 284 g/mol. The molecule has 7 heteroatoms. The Bertz CT molecular complexity index is 384. The Morgan fingerprint density at radius 3 is 2.55 bits per heavy atom. The lowest BCUT2D eigenvalue weighted by atomic mass is 10.1. The average Bonchev–Trinajstić information content (AvgIpc) is 2.85. The maximum Gasteiger partial charge on any atom is 0.321 e. The van der Waals surface area contributed by atoms with E-state index in [4.69, 9.17) is 0 Å². The highest BCUT2D eigenvalue weighted by Gasteiger charge is 2.37. The topological polar surface area (TPSA) is 81.8 Å². The van der Waals surface area contributed by atoms with Crippen LogP contribution in [0.1, 0.15) is 26.7 Å². The maximum absolute atomic E-state index is 12.1. The molecule has 0 saturated carbocycles. The molecule has 0 spiro atoms. The number of carbonyl (C=O) groups is 3. The Labute approximate surface area is 119 Å². The van der Waals surface area contributed by atoms with Crippen LogP contribution in [0.5, 0.6) is 0 Å². The standard InChI is InChI=1S/C13H24N4O3/c1-5-14-13(20)15-11(18)9(2)17-8-6-7-10(17)12(19)16(3)4/h9-10H,5-8H2,1-4H3,(H2,14,15,18,20). The maximum atomic E-state index is 12.1. The number of nitrogens with zero attached hydrogens (tertiary/aromatic N) is 2. The van der Waals surface area contributed by atoms with Gasteiger partial charge in [0.1, 0.15) is 0 Å². The first-order valence-electron chi connectivity index (χ1n) is 6.94. The van der Waals surface area contributed by atoms with Crippen LogP contribution >= 0.6 is 0 Å². The summed E-state index contributed by atoms with van der Waals surface area (Å²) in [6.07, 6.45) is 1.62. The molecule has 2 unspecified atom stereocenters. The molecule has 1 aliphatic rings. The third kappa shape index (κ3) is 3.93. The molecule has 1 heterocycles. The summed E-state index contributed by atoms with van der Waals surface area (Å²) in [6.45, 7) is 4.64. The van der Waals surface area contributed by atoms with Gasteiger partial charge in [-0.25, -0.2) is 4.79 Å². The van der Waals surface area contributed by atoms with Crippen LogP contribution in [0.15, 0.2) is 0 Å². The predicted molar refractivity (Wildman–Crippen MR) is 75.1 cm³/mol. The van der Waals surface area contributed by atoms with Crippen molar-refractivity contribution < 1.29 is 14.4 Å². The molecule has 0 bridgehead atoms. The zero-order chi connectivity index (χ0) is 15.3. The van der Waals surface area contributed by atoms with E-state index in [9.17, 15) is 14.4 Å². The summed E-state index contributed by atoms with van der Waals surface area (Å²) in [4.78, 5) is 38.9. The van der Waals surface area contributed by atoms with Crippen molar-refractivity contribution in [1.29, 1.82) is 0 Å². The highest BCUT2D eigenvalue weighted by molar-refractivity contribution is 5.97. The Hall–Kier alpha value is -1.63. The zero-order valence-corrected chi connectivity index (χ0v) is 12.6. The van der Waals surface area contributed by atoms with Gasteiger partial charge in [-0.1, -0.05) is 0 Å². The van der Waals surface area contributed by atoms with Crippen LogP contribution in [0.25, 0.3) is 0 Å². The normalized spacial score (nSPS) is 20.3. The summed E-state index contributed by atoms with van der Waals surface area (Å²) >= 11 is 0. The molecule has 0 radical (unpaired) electrons. The van der Waals surface area contributed by atoms with Gasteiger partial charge < -0.3 is 10.2 Å². The van der Waals surface area contributed by atoms with Gasteiger partial charge >= 0.3 is 6.03 Å². The van der Waals surface area contributed by atoms with Crippen molar-refractivity contribution >= 4 is 17.8 Å². The van der Waals surface area contributed by atoms with E-state index in [0.717, 1.165) is 12.8 Å². The van der Waals surface area contributed by atoms with Gasteiger partial charge in [0.2, 0.25) is 11.8 Å². The number of rotatable bonds is 4. The van der Waals surface area contributed by atoms with E-state index < -0.39 is 12.1 Å². The molecule has 1 fully saturated rings. The molecule has 0 aromatic rings. The molecule has 114 valence electrons. The first-order valence-corrected chi connectivity index (χ1v) is 6.94. The van der Waals surface area contributed by atoms with E-state index in [1.165, 1.54) is 4.90 Å². The smallest absolute Gasteiger partial charge is 0.321 e. The third-order valence-electron chi connectivity index (χ3n) is 3.47. The molecule has 0 aromatic heterocycles. The molecular formula is C13H24N4O3. The second-order valence-electron chi connectivity index (χ2n) is 5.15. The second-order valence-corrected chi connectivity index (χ2v) is 5.15. The number of carbonyl (C=O) groups excluding carboxylic acids is 3. The summed E-state index contributed by atoms with van der Waals surface area (Å²) in [5.74, 6) is -0.380. The summed E-state index contributed by atoms with van der Waals surface area (Å²) in [7, 11) is 3.41. The van der Waals surface area contributed by atoms with Gasteiger partial charge in [-0.05, 0) is 33.2 Å². The first kappa shape index (κ1) is 16.4. The first-order chi connectivity index (χ1) is 9.38. The number of hydrogen-bond acceptors (Lipinski definition) is 4. The molecule has 7 nitrogen and oxygen atoms in total. The minimum Gasteiger partial charge on any atom is -0.347 e. The SMILES string of the molecule is CCNC(=O)NC(=O)C(C)N1CCCC1C(=O)N(C)C. The Morgan fingerprint density at radius 1 is 1.35 bits per heavy atom. The fourth-order valence-electron chi connectivity index (χ4n) is 2.39. The number of urea groups is 1. The van der Waals surface area contributed by atoms with Crippen LogP contribution in [0, 0.1) is 0 Å².